The average Bonchev–Trinajstić information content (AvgIpc) is 1.91. The van der Waals surface area contributed by atoms with Gasteiger partial charge in [-0.3, -0.25) is 14.7 Å². The Hall–Kier alpha value is -6.87. The minimum Gasteiger partial charge on any atom is -0.508 e. The Labute approximate surface area is 556 Å². The van der Waals surface area contributed by atoms with Crippen molar-refractivity contribution >= 4 is 189 Å². The molecule has 8 aromatic carbocycles. The number of hydrogen-bond donors (Lipinski definition) is 5. The van der Waals surface area contributed by atoms with Crippen LogP contribution >= 0.6 is 139 Å². The number of nitrogens with zero attached hydrogens (tertiary/aromatic N) is 4. The standard InChI is InChI=1S/C14H9Cl3N2O4S.C13H5Cl3FNO.C13H7Cl3N2O2.C7H2ClF2N.C6H4Cl2O.C2H5NO2/c1-24(20,21)19-14-8-5-11(17)13(6-12(8)23-18-14)22-7-2-3-9(15)10(16)4-7;14-9-2-1-8(4-10(9)15)19-13-5-12(17)7(6-18)3-11(13)16;14-8-2-1-6(3-9(8)15)19-12-5-11-7(4-10(12)16)13(17)18-20-11;8-5-1-4(3-11)6(9)2-7(5)10;7-5-2-1-4(9)3-6(5)8;1-2(4)3-5/h2-6H,1H3,(H,18,19);1-5H;1-5H,(H2,17,18);1-2H;1-3,9H;5H,1H3,(H,3,4). The van der Waals surface area contributed by atoms with Gasteiger partial charge in [0, 0.05) is 49.4 Å². The fraction of sp³-hybridized carbons (Fsp3) is 0.0364. The van der Waals surface area contributed by atoms with Crippen molar-refractivity contribution in [2.45, 2.75) is 6.92 Å². The van der Waals surface area contributed by atoms with Gasteiger partial charge in [-0.15, -0.1) is 0 Å². The Morgan fingerprint density at radius 3 is 1.31 bits per heavy atom. The first kappa shape index (κ1) is 71.9. The Morgan fingerprint density at radius 2 is 0.898 bits per heavy atom. The number of benzene rings is 8. The highest BCUT2D eigenvalue weighted by Crippen LogP contribution is 2.40. The first-order chi connectivity index (χ1) is 41.4. The predicted octanol–water partition coefficient (Wildman–Crippen LogP) is 20.3. The maximum atomic E-state index is 13.5. The van der Waals surface area contributed by atoms with Gasteiger partial charge in [0.1, 0.15) is 69.8 Å². The SMILES string of the molecule is CC(=O)NO.CS(=O)(=O)Nc1noc2cc(Oc3ccc(Cl)c(Cl)c3)c(Cl)cc12.N#Cc1cc(Cl)c(F)cc1F.N#Cc1cc(Cl)c(Oc2ccc(Cl)c(Cl)c2)cc1F.Nc1noc2cc(Oc3ccc(Cl)c(Cl)c3)c(Cl)cc12.Oc1ccc(Cl)c(Cl)c1. The average molecular weight is 1470 g/mol. The van der Waals surface area contributed by atoms with Crippen LogP contribution in [0.25, 0.3) is 21.9 Å². The largest absolute Gasteiger partial charge is 0.508 e. The Bertz CT molecular complexity index is 4410. The number of nitriles is 2. The van der Waals surface area contributed by atoms with Gasteiger partial charge in [-0.25, -0.2) is 27.1 Å². The molecule has 88 heavy (non-hydrogen) atoms. The van der Waals surface area contributed by atoms with Crippen molar-refractivity contribution in [2.24, 2.45) is 0 Å². The molecule has 0 saturated carbocycles. The van der Waals surface area contributed by atoms with Crippen LogP contribution in [0.4, 0.5) is 24.8 Å². The van der Waals surface area contributed by atoms with Crippen LogP contribution in [0, 0.1) is 40.1 Å². The summed E-state index contributed by atoms with van der Waals surface area (Å²) in [6.07, 6.45) is 1.01. The number of aromatic nitrogens is 2. The van der Waals surface area contributed by atoms with Crippen LogP contribution in [0.5, 0.6) is 40.2 Å². The monoisotopic (exact) mass is 1460 g/mol. The number of nitrogens with one attached hydrogen (secondary N) is 2. The van der Waals surface area contributed by atoms with Gasteiger partial charge >= 0.3 is 0 Å². The molecular weight excluding hydrogens is 1430 g/mol. The summed E-state index contributed by atoms with van der Waals surface area (Å²) in [4.78, 5) is 9.45. The van der Waals surface area contributed by atoms with Gasteiger partial charge in [-0.2, -0.15) is 10.5 Å². The van der Waals surface area contributed by atoms with E-state index in [4.69, 9.17) is 189 Å². The Morgan fingerprint density at radius 1 is 0.523 bits per heavy atom. The zero-order valence-electron chi connectivity index (χ0n) is 43.7. The molecule has 0 fully saturated rings. The van der Waals surface area contributed by atoms with E-state index in [0.29, 0.717) is 102 Å². The Kier molecular flexibility index (Phi) is 27.0. The third kappa shape index (κ3) is 21.4. The molecule has 10 rings (SSSR count). The summed E-state index contributed by atoms with van der Waals surface area (Å²) in [6.45, 7) is 1.22. The number of carbonyl (C=O) groups excluding carboxylic acids is 1. The molecule has 0 radical (unpaired) electrons. The number of phenols is 1. The third-order valence-corrected chi connectivity index (χ3v) is 14.7. The molecule has 2 aromatic heterocycles. The molecular formula is C55H32Cl12F3N7O10S. The summed E-state index contributed by atoms with van der Waals surface area (Å²) >= 11 is 69.7. The highest BCUT2D eigenvalue weighted by Gasteiger charge is 2.18. The number of hydroxylamine groups is 1. The molecule has 0 aliphatic heterocycles. The predicted molar refractivity (Wildman–Crippen MR) is 336 cm³/mol. The van der Waals surface area contributed by atoms with Crippen LogP contribution in [0.3, 0.4) is 0 Å². The summed E-state index contributed by atoms with van der Waals surface area (Å²) in [5.41, 5.74) is 7.43. The summed E-state index contributed by atoms with van der Waals surface area (Å²) in [6, 6.07) is 31.9. The van der Waals surface area contributed by atoms with Crippen molar-refractivity contribution in [1.82, 2.24) is 15.8 Å². The first-order valence-electron chi connectivity index (χ1n) is 23.2. The van der Waals surface area contributed by atoms with E-state index in [9.17, 15) is 26.4 Å². The second-order valence-electron chi connectivity index (χ2n) is 16.6. The van der Waals surface area contributed by atoms with Crippen molar-refractivity contribution in [3.63, 3.8) is 0 Å². The van der Waals surface area contributed by atoms with Crippen molar-refractivity contribution in [3.8, 4) is 52.4 Å². The summed E-state index contributed by atoms with van der Waals surface area (Å²) in [7, 11) is -3.49. The molecule has 17 nitrogen and oxygen atoms in total. The summed E-state index contributed by atoms with van der Waals surface area (Å²) < 4.78 is 90.2. The second kappa shape index (κ2) is 33.1. The zero-order chi connectivity index (χ0) is 65.3. The number of ether oxygens (including phenoxy) is 3. The molecule has 0 bridgehead atoms. The lowest BCUT2D eigenvalue weighted by Crippen LogP contribution is -2.12. The highest BCUT2D eigenvalue weighted by atomic mass is 35.5. The lowest BCUT2D eigenvalue weighted by atomic mass is 10.2. The number of carbonyl (C=O) groups is 1. The zero-order valence-corrected chi connectivity index (χ0v) is 53.5. The first-order valence-corrected chi connectivity index (χ1v) is 29.6. The fourth-order valence-corrected chi connectivity index (χ4v) is 8.52. The van der Waals surface area contributed by atoms with Gasteiger partial charge in [0.25, 0.3) is 0 Å². The number of hydrogen-bond acceptors (Lipinski definition) is 15. The van der Waals surface area contributed by atoms with Crippen LogP contribution < -0.4 is 30.1 Å². The van der Waals surface area contributed by atoms with Gasteiger partial charge < -0.3 is 34.1 Å². The number of anilines is 2. The molecule has 0 aliphatic rings. The van der Waals surface area contributed by atoms with E-state index in [0.717, 1.165) is 18.4 Å². The van der Waals surface area contributed by atoms with Gasteiger partial charge in [0.05, 0.1) is 88.4 Å². The topological polar surface area (TPSA) is 269 Å². The molecule has 0 unspecified atom stereocenters. The van der Waals surface area contributed by atoms with Gasteiger partial charge in [-0.05, 0) is 78.9 Å². The summed E-state index contributed by atoms with van der Waals surface area (Å²) in [5, 5.41) is 45.3. The van der Waals surface area contributed by atoms with Gasteiger partial charge in [-0.1, -0.05) is 150 Å². The fourth-order valence-electron chi connectivity index (χ4n) is 6.09. The number of rotatable bonds is 8. The minimum absolute atomic E-state index is 0.0514. The molecule has 10 aromatic rings. The van der Waals surface area contributed by atoms with Crippen LogP contribution in [0.15, 0.2) is 130 Å². The number of nitrogen functional groups attached to an aromatic ring is 1. The third-order valence-electron chi connectivity index (χ3n) is 10.0. The molecule has 6 N–H and O–H groups in total. The lowest BCUT2D eigenvalue weighted by Gasteiger charge is -2.09. The van der Waals surface area contributed by atoms with Crippen molar-refractivity contribution in [3.05, 3.63) is 210 Å². The molecule has 0 spiro atoms. The second-order valence-corrected chi connectivity index (χ2v) is 23.2. The van der Waals surface area contributed by atoms with Gasteiger partial charge in [0.2, 0.25) is 15.9 Å². The maximum absolute atomic E-state index is 13.5. The van der Waals surface area contributed by atoms with E-state index in [-0.39, 0.29) is 49.3 Å². The van der Waals surface area contributed by atoms with E-state index < -0.39 is 33.4 Å². The molecule has 0 saturated heterocycles. The van der Waals surface area contributed by atoms with E-state index in [1.54, 1.807) is 72.8 Å². The van der Waals surface area contributed by atoms with Crippen molar-refractivity contribution < 1.29 is 60.0 Å². The number of phenolic OH excluding ortho intramolecular Hbond substituents is 1. The van der Waals surface area contributed by atoms with Gasteiger partial charge in [0.15, 0.2) is 22.8 Å². The molecule has 458 valence electrons. The van der Waals surface area contributed by atoms with Crippen LogP contribution in [0.1, 0.15) is 18.1 Å². The van der Waals surface area contributed by atoms with Crippen LogP contribution in [-0.4, -0.2) is 41.2 Å². The number of amides is 1. The van der Waals surface area contributed by atoms with Crippen molar-refractivity contribution in [1.29, 1.82) is 10.5 Å². The smallest absolute Gasteiger partial charge is 0.240 e. The lowest BCUT2D eigenvalue weighted by molar-refractivity contribution is -0.126. The quantitative estimate of drug-likeness (QED) is 0.0538. The number of sulfonamides is 1. The molecule has 0 aliphatic carbocycles. The van der Waals surface area contributed by atoms with Crippen LogP contribution in [-0.2, 0) is 14.8 Å². The molecule has 33 heteroatoms. The summed E-state index contributed by atoms with van der Waals surface area (Å²) in [5.74, 6) is -0.338. The molecule has 0 atom stereocenters. The number of nitrogens with two attached hydrogens (primary N) is 1. The normalized spacial score (nSPS) is 10.4. The van der Waals surface area contributed by atoms with Crippen LogP contribution in [0.2, 0.25) is 60.3 Å². The van der Waals surface area contributed by atoms with E-state index in [1.165, 1.54) is 54.9 Å². The number of fused-ring (bicyclic) bond motifs is 2. The maximum Gasteiger partial charge on any atom is 0.240 e. The molecule has 2 heterocycles. The van der Waals surface area contributed by atoms with Crippen molar-refractivity contribution in [2.75, 3.05) is 16.7 Å². The van der Waals surface area contributed by atoms with E-state index in [2.05, 4.69) is 15.0 Å². The molecule has 1 amide bonds. The Balaban J connectivity index is 0.000000203. The number of halogens is 15. The number of aromatic hydroxyl groups is 1. The van der Waals surface area contributed by atoms with E-state index >= 15 is 0 Å². The minimum atomic E-state index is -3.49. The highest BCUT2D eigenvalue weighted by molar-refractivity contribution is 7.92. The van der Waals surface area contributed by atoms with E-state index in [1.807, 2.05) is 0 Å².